The SMILES string of the molecule is c1ccc(-c2nc(-c3ccc(-c4ccc5c(c4)C4(c6ccccc6-c6ccccc64)c4ccccc4-5)cc3)cc(-c3ccc4c(c3)C3c5ccccc5C4c4cc(-c5cc(-c6ccc(-c7ccc8c(c7)C7(c9ccccc9-c9ccccc97)c7ccccc7-8)cc6)nc(-c6ccccc6)n5)ccc43)n2)cc1. The zero-order valence-electron chi connectivity index (χ0n) is 57.6. The highest BCUT2D eigenvalue weighted by molar-refractivity contribution is 5.98. The molecule has 15 aromatic carbocycles. The minimum absolute atomic E-state index is 0.0136. The summed E-state index contributed by atoms with van der Waals surface area (Å²) in [7, 11) is 0. The second kappa shape index (κ2) is 22.5. The highest BCUT2D eigenvalue weighted by atomic mass is 14.9. The fourth-order valence-corrected chi connectivity index (χ4v) is 19.7. The topological polar surface area (TPSA) is 51.6 Å². The second-order valence-electron chi connectivity index (χ2n) is 29.3. The van der Waals surface area contributed by atoms with Crippen molar-refractivity contribution in [1.29, 1.82) is 0 Å². The third-order valence-electron chi connectivity index (χ3n) is 24.2. The second-order valence-corrected chi connectivity index (χ2v) is 29.3. The summed E-state index contributed by atoms with van der Waals surface area (Å²) in [6.07, 6.45) is 0. The van der Waals surface area contributed by atoms with Crippen molar-refractivity contribution in [2.75, 3.05) is 0 Å². The molecule has 0 aliphatic heterocycles. The van der Waals surface area contributed by atoms with Gasteiger partial charge in [-0.1, -0.05) is 328 Å². The summed E-state index contributed by atoms with van der Waals surface area (Å²) < 4.78 is 0. The van der Waals surface area contributed by atoms with Crippen molar-refractivity contribution in [3.8, 4) is 135 Å². The zero-order valence-corrected chi connectivity index (χ0v) is 57.6. The van der Waals surface area contributed by atoms with Crippen LogP contribution in [-0.2, 0) is 10.8 Å². The van der Waals surface area contributed by atoms with Gasteiger partial charge in [-0.15, -0.1) is 0 Å². The molecule has 2 atom stereocenters. The van der Waals surface area contributed by atoms with E-state index in [1.807, 2.05) is 0 Å². The van der Waals surface area contributed by atoms with Crippen LogP contribution >= 0.6 is 0 Å². The number of benzene rings is 15. The Morgan fingerprint density at radius 1 is 0.160 bits per heavy atom. The molecule has 0 saturated heterocycles. The van der Waals surface area contributed by atoms with Crippen molar-refractivity contribution in [3.05, 3.63) is 442 Å². The van der Waals surface area contributed by atoms with Gasteiger partial charge in [0.25, 0.3) is 0 Å². The van der Waals surface area contributed by atoms with Gasteiger partial charge in [0.15, 0.2) is 11.6 Å². The third kappa shape index (κ3) is 8.29. The van der Waals surface area contributed by atoms with E-state index in [2.05, 4.69) is 364 Å². The molecule has 0 radical (unpaired) electrons. The largest absolute Gasteiger partial charge is 0.228 e. The van der Waals surface area contributed by atoms with E-state index in [4.69, 9.17) is 19.9 Å². The average molecular weight is 1340 g/mol. The smallest absolute Gasteiger partial charge is 0.160 e. The average Bonchev–Trinajstić information content (AvgIpc) is 1.59. The van der Waals surface area contributed by atoms with Crippen molar-refractivity contribution >= 4 is 0 Å². The van der Waals surface area contributed by atoms with Crippen LogP contribution in [0, 0.1) is 0 Å². The standard InChI is InChI=1S/C102H62N4/c1-3-21-65(22-4-1)99-103-93(63-43-39-61(40-44-63)67-47-51-77-75-29-13-19-37-89(75)101(91(77)57-67)85-33-15-9-25-71(85)72-26-10-16-34-86(72)101)59-95(105-99)69-49-53-81-83(55-69)97-79-31-7-8-32-80(79)98(81)84-56-70(50-54-82(84)97)96-60-94(104-100(106-96)66-23-5-2-6-24-66)64-45-41-62(42-46-64)68-48-52-78-76-30-14-20-38-90(76)102(92(78)58-68)87-35-17-11-27-73(87)74-28-12-18-36-88(74)102/h1-60,97-98H. The first-order valence-electron chi connectivity index (χ1n) is 36.9. The fourth-order valence-electron chi connectivity index (χ4n) is 19.7. The molecule has 0 saturated carbocycles. The van der Waals surface area contributed by atoms with Crippen LogP contribution in [0.4, 0.5) is 0 Å². The summed E-state index contributed by atoms with van der Waals surface area (Å²) in [4.78, 5) is 21.6. The quantitative estimate of drug-likeness (QED) is 0.152. The predicted molar refractivity (Wildman–Crippen MR) is 428 cm³/mol. The van der Waals surface area contributed by atoms with Crippen LogP contribution in [0.25, 0.3) is 135 Å². The Balaban J connectivity index is 0.587. The molecule has 2 heterocycles. The molecule has 490 valence electrons. The lowest BCUT2D eigenvalue weighted by molar-refractivity contribution is 0.755. The Bertz CT molecular complexity index is 6060. The van der Waals surface area contributed by atoms with Crippen molar-refractivity contribution in [1.82, 2.24) is 19.9 Å². The summed E-state index contributed by atoms with van der Waals surface area (Å²) in [5.41, 5.74) is 42.6. The molecule has 0 amide bonds. The molecule has 2 spiro atoms. The number of rotatable bonds is 8. The maximum Gasteiger partial charge on any atom is 0.160 e. The van der Waals surface area contributed by atoms with Gasteiger partial charge in [0.05, 0.1) is 33.6 Å². The third-order valence-corrected chi connectivity index (χ3v) is 24.2. The lowest BCUT2D eigenvalue weighted by Gasteiger charge is -2.42. The van der Waals surface area contributed by atoms with Gasteiger partial charge in [0, 0.05) is 45.2 Å². The first kappa shape index (κ1) is 59.0. The molecule has 4 nitrogen and oxygen atoms in total. The van der Waals surface area contributed by atoms with Gasteiger partial charge < -0.3 is 0 Å². The predicted octanol–water partition coefficient (Wildman–Crippen LogP) is 24.3. The van der Waals surface area contributed by atoms with Gasteiger partial charge in [-0.3, -0.25) is 0 Å². The molecule has 24 rings (SSSR count). The molecule has 2 bridgehead atoms. The van der Waals surface area contributed by atoms with Crippen LogP contribution in [0.15, 0.2) is 364 Å². The number of hydrogen-bond donors (Lipinski definition) is 0. The molecular weight excluding hydrogens is 1280 g/mol. The van der Waals surface area contributed by atoms with Gasteiger partial charge in [-0.25, -0.2) is 19.9 Å². The van der Waals surface area contributed by atoms with E-state index in [-0.39, 0.29) is 11.8 Å². The van der Waals surface area contributed by atoms with E-state index < -0.39 is 10.8 Å². The molecular formula is C102H62N4. The van der Waals surface area contributed by atoms with Gasteiger partial charge in [-0.2, -0.15) is 0 Å². The maximum atomic E-state index is 5.42. The van der Waals surface area contributed by atoms with E-state index in [0.717, 1.165) is 67.3 Å². The number of nitrogens with zero attached hydrogens (tertiary/aromatic N) is 4. The molecule has 17 aromatic rings. The summed E-state index contributed by atoms with van der Waals surface area (Å²) in [6.45, 7) is 0. The van der Waals surface area contributed by atoms with Crippen LogP contribution < -0.4 is 0 Å². The van der Waals surface area contributed by atoms with E-state index in [1.54, 1.807) is 0 Å². The Morgan fingerprint density at radius 3 is 0.755 bits per heavy atom. The monoisotopic (exact) mass is 1340 g/mol. The van der Waals surface area contributed by atoms with E-state index in [1.165, 1.54) is 134 Å². The molecule has 2 aromatic heterocycles. The Labute approximate surface area is 615 Å². The van der Waals surface area contributed by atoms with Crippen LogP contribution in [-0.4, -0.2) is 19.9 Å². The highest BCUT2D eigenvalue weighted by Crippen LogP contribution is 2.65. The van der Waals surface area contributed by atoms with Crippen LogP contribution in [0.5, 0.6) is 0 Å². The van der Waals surface area contributed by atoms with Gasteiger partial charge in [-0.05, 0) is 181 Å². The van der Waals surface area contributed by atoms with Crippen molar-refractivity contribution in [2.45, 2.75) is 22.7 Å². The maximum absolute atomic E-state index is 5.42. The van der Waals surface area contributed by atoms with Gasteiger partial charge in [0.2, 0.25) is 0 Å². The molecule has 0 fully saturated rings. The minimum atomic E-state index is -0.411. The Morgan fingerprint density at radius 2 is 0.415 bits per heavy atom. The summed E-state index contributed by atoms with van der Waals surface area (Å²) in [5.74, 6) is 1.41. The first-order valence-corrected chi connectivity index (χ1v) is 36.9. The molecule has 106 heavy (non-hydrogen) atoms. The van der Waals surface area contributed by atoms with E-state index >= 15 is 0 Å². The fraction of sp³-hybridized carbons (Fsp3) is 0.0392. The minimum Gasteiger partial charge on any atom is -0.228 e. The van der Waals surface area contributed by atoms with Crippen LogP contribution in [0.2, 0.25) is 0 Å². The highest BCUT2D eigenvalue weighted by Gasteiger charge is 2.53. The van der Waals surface area contributed by atoms with Crippen molar-refractivity contribution < 1.29 is 0 Å². The molecule has 2 unspecified atom stereocenters. The lowest BCUT2D eigenvalue weighted by atomic mass is 9.60. The molecule has 7 aliphatic carbocycles. The van der Waals surface area contributed by atoms with Crippen LogP contribution in [0.3, 0.4) is 0 Å². The van der Waals surface area contributed by atoms with E-state index in [9.17, 15) is 0 Å². The molecule has 4 heteroatoms. The normalized spacial score (nSPS) is 15.1. The summed E-state index contributed by atoms with van der Waals surface area (Å²) >= 11 is 0. The summed E-state index contributed by atoms with van der Waals surface area (Å²) in [6, 6.07) is 135. The Hall–Kier alpha value is -13.5. The van der Waals surface area contributed by atoms with Crippen LogP contribution in [0.1, 0.15) is 89.7 Å². The van der Waals surface area contributed by atoms with Gasteiger partial charge in [0.1, 0.15) is 0 Å². The number of hydrogen-bond acceptors (Lipinski definition) is 4. The summed E-state index contributed by atoms with van der Waals surface area (Å²) in [5, 5.41) is 0. The number of fused-ring (bicyclic) bond motifs is 20. The first-order chi connectivity index (χ1) is 52.5. The molecule has 7 aliphatic rings. The van der Waals surface area contributed by atoms with Crippen molar-refractivity contribution in [2.24, 2.45) is 0 Å². The number of aromatic nitrogens is 4. The van der Waals surface area contributed by atoms with Crippen molar-refractivity contribution in [3.63, 3.8) is 0 Å². The van der Waals surface area contributed by atoms with E-state index in [0.29, 0.717) is 11.6 Å². The Kier molecular flexibility index (Phi) is 12.5. The zero-order chi connectivity index (χ0) is 69.3. The lowest BCUT2D eigenvalue weighted by Crippen LogP contribution is -2.27. The van der Waals surface area contributed by atoms with Gasteiger partial charge >= 0.3 is 0 Å². The molecule has 0 N–H and O–H groups in total.